The first-order valence-corrected chi connectivity index (χ1v) is 8.47. The predicted octanol–water partition coefficient (Wildman–Crippen LogP) is 2.83. The first-order chi connectivity index (χ1) is 9.61. The van der Waals surface area contributed by atoms with E-state index in [0.717, 1.165) is 26.7 Å². The largest absolute Gasteiger partial charge is 0.491 e. The monoisotopic (exact) mass is 331 g/mol. The summed E-state index contributed by atoms with van der Waals surface area (Å²) >= 11 is 5.98. The van der Waals surface area contributed by atoms with Crippen LogP contribution in [0.15, 0.2) is 29.1 Å². The van der Waals surface area contributed by atoms with Crippen LogP contribution >= 0.6 is 32.3 Å². The molecule has 0 saturated carbocycles. The lowest BCUT2D eigenvalue weighted by Gasteiger charge is -2.17. The van der Waals surface area contributed by atoms with Gasteiger partial charge in [-0.1, -0.05) is 34.1 Å². The van der Waals surface area contributed by atoms with Crippen molar-refractivity contribution in [2.24, 2.45) is 0 Å². The van der Waals surface area contributed by atoms with Crippen LogP contribution in [-0.4, -0.2) is 25.4 Å². The fourth-order valence-corrected chi connectivity index (χ4v) is 4.41. The molecule has 0 fully saturated rings. The van der Waals surface area contributed by atoms with Crippen LogP contribution in [0.3, 0.4) is 0 Å². The summed E-state index contributed by atoms with van der Waals surface area (Å²) < 4.78 is 5.21. The lowest BCUT2D eigenvalue weighted by Crippen LogP contribution is -2.16. The van der Waals surface area contributed by atoms with E-state index in [1.165, 1.54) is 10.3 Å². The van der Waals surface area contributed by atoms with E-state index in [9.17, 15) is 4.79 Å². The summed E-state index contributed by atoms with van der Waals surface area (Å²) in [7, 11) is 4.44. The standard InChI is InChI=1S/C13H14ClNO3S2/c1-15(12-11(14)13(17)20-19-12)8-9-2-4-10(5-3-9)18-7-6-16/h2-5,16H,6-8H2,1H3. The summed E-state index contributed by atoms with van der Waals surface area (Å²) in [6, 6.07) is 7.62. The number of rotatable bonds is 6. The van der Waals surface area contributed by atoms with Gasteiger partial charge in [0.1, 0.15) is 22.4 Å². The van der Waals surface area contributed by atoms with Gasteiger partial charge in [0.15, 0.2) is 0 Å². The van der Waals surface area contributed by atoms with E-state index in [2.05, 4.69) is 0 Å². The van der Waals surface area contributed by atoms with E-state index in [-0.39, 0.29) is 18.0 Å². The lowest BCUT2D eigenvalue weighted by molar-refractivity contribution is 0.201. The Morgan fingerprint density at radius 3 is 2.55 bits per heavy atom. The number of nitrogens with zero attached hydrogens (tertiary/aromatic N) is 1. The van der Waals surface area contributed by atoms with E-state index < -0.39 is 0 Å². The number of aliphatic hydroxyl groups excluding tert-OH is 1. The first kappa shape index (κ1) is 15.3. The number of halogens is 1. The molecule has 2 rings (SSSR count). The number of benzene rings is 1. The van der Waals surface area contributed by atoms with Gasteiger partial charge in [-0.3, -0.25) is 4.79 Å². The van der Waals surface area contributed by atoms with Crippen molar-refractivity contribution in [3.8, 4) is 5.75 Å². The molecule has 0 amide bonds. The Morgan fingerprint density at radius 2 is 2.00 bits per heavy atom. The Kier molecular flexibility index (Phi) is 5.42. The van der Waals surface area contributed by atoms with Gasteiger partial charge in [-0.05, 0) is 28.0 Å². The highest BCUT2D eigenvalue weighted by atomic mass is 35.5. The molecule has 2 aromatic rings. The average molecular weight is 332 g/mol. The Morgan fingerprint density at radius 1 is 1.30 bits per heavy atom. The van der Waals surface area contributed by atoms with Crippen LogP contribution in [0.25, 0.3) is 0 Å². The molecule has 0 bridgehead atoms. The molecule has 108 valence electrons. The molecule has 1 aromatic heterocycles. The Labute approximate surface area is 129 Å². The van der Waals surface area contributed by atoms with Crippen LogP contribution < -0.4 is 14.4 Å². The quantitative estimate of drug-likeness (QED) is 0.827. The molecule has 0 radical (unpaired) electrons. The third-order valence-electron chi connectivity index (χ3n) is 2.61. The highest BCUT2D eigenvalue weighted by molar-refractivity contribution is 7.70. The topological polar surface area (TPSA) is 49.8 Å². The maximum atomic E-state index is 11.4. The van der Waals surface area contributed by atoms with Crippen LogP contribution in [0.1, 0.15) is 5.56 Å². The van der Waals surface area contributed by atoms with Crippen LogP contribution in [0.4, 0.5) is 5.00 Å². The normalized spacial score (nSPS) is 10.6. The molecule has 0 aliphatic heterocycles. The van der Waals surface area contributed by atoms with Crippen LogP contribution in [-0.2, 0) is 6.54 Å². The average Bonchev–Trinajstić information content (AvgIpc) is 2.78. The van der Waals surface area contributed by atoms with Crippen molar-refractivity contribution in [2.45, 2.75) is 6.54 Å². The summed E-state index contributed by atoms with van der Waals surface area (Å²) in [6.45, 7) is 0.949. The highest BCUT2D eigenvalue weighted by Gasteiger charge is 2.12. The number of aliphatic hydroxyl groups is 1. The zero-order valence-electron chi connectivity index (χ0n) is 10.8. The second-order valence-electron chi connectivity index (χ2n) is 4.15. The third-order valence-corrected chi connectivity index (χ3v) is 5.48. The second kappa shape index (κ2) is 7.08. The number of anilines is 1. The van der Waals surface area contributed by atoms with Gasteiger partial charge in [0, 0.05) is 13.6 Å². The molecule has 0 spiro atoms. The van der Waals surface area contributed by atoms with E-state index >= 15 is 0 Å². The zero-order chi connectivity index (χ0) is 14.5. The van der Waals surface area contributed by atoms with Gasteiger partial charge in [-0.25, -0.2) is 0 Å². The predicted molar refractivity (Wildman–Crippen MR) is 84.6 cm³/mol. The Bertz CT molecular complexity index is 609. The molecule has 1 heterocycles. The Hall–Kier alpha value is -1.08. The first-order valence-electron chi connectivity index (χ1n) is 5.94. The smallest absolute Gasteiger partial charge is 0.263 e. The molecule has 7 heteroatoms. The number of hydrogen-bond donors (Lipinski definition) is 1. The summed E-state index contributed by atoms with van der Waals surface area (Å²) in [5, 5.41) is 9.78. The summed E-state index contributed by atoms with van der Waals surface area (Å²) in [4.78, 5) is 13.3. The molecule has 20 heavy (non-hydrogen) atoms. The van der Waals surface area contributed by atoms with Gasteiger partial charge in [0.25, 0.3) is 4.74 Å². The highest BCUT2D eigenvalue weighted by Crippen LogP contribution is 2.31. The van der Waals surface area contributed by atoms with Crippen molar-refractivity contribution in [1.82, 2.24) is 0 Å². The van der Waals surface area contributed by atoms with E-state index in [1.807, 2.05) is 36.2 Å². The van der Waals surface area contributed by atoms with E-state index in [1.54, 1.807) is 0 Å². The molecule has 0 aliphatic rings. The molecule has 0 unspecified atom stereocenters. The van der Waals surface area contributed by atoms with E-state index in [0.29, 0.717) is 11.6 Å². The molecule has 1 N–H and O–H groups in total. The van der Waals surface area contributed by atoms with Gasteiger partial charge in [-0.15, -0.1) is 0 Å². The fraction of sp³-hybridized carbons (Fsp3) is 0.308. The Balaban J connectivity index is 2.02. The lowest BCUT2D eigenvalue weighted by atomic mass is 10.2. The molecular weight excluding hydrogens is 318 g/mol. The van der Waals surface area contributed by atoms with Gasteiger partial charge < -0.3 is 14.7 Å². The van der Waals surface area contributed by atoms with Crippen molar-refractivity contribution >= 4 is 37.3 Å². The SMILES string of the molecule is CN(Cc1ccc(OCCO)cc1)c1ssc(=O)c1Cl. The molecule has 1 aromatic carbocycles. The summed E-state index contributed by atoms with van der Waals surface area (Å²) in [5.41, 5.74) is 1.09. The van der Waals surface area contributed by atoms with Gasteiger partial charge in [0.05, 0.1) is 6.61 Å². The summed E-state index contributed by atoms with van der Waals surface area (Å²) in [5.74, 6) is 0.726. The van der Waals surface area contributed by atoms with Crippen molar-refractivity contribution in [2.75, 3.05) is 25.2 Å². The van der Waals surface area contributed by atoms with Gasteiger partial charge >= 0.3 is 0 Å². The van der Waals surface area contributed by atoms with Crippen LogP contribution in [0.5, 0.6) is 5.75 Å². The van der Waals surface area contributed by atoms with Crippen molar-refractivity contribution in [3.63, 3.8) is 0 Å². The second-order valence-corrected chi connectivity index (χ2v) is 6.61. The minimum Gasteiger partial charge on any atom is -0.491 e. The number of ether oxygens (including phenoxy) is 1. The van der Waals surface area contributed by atoms with Gasteiger partial charge in [0.2, 0.25) is 0 Å². The number of hydrogen-bond acceptors (Lipinski definition) is 6. The molecule has 0 aliphatic carbocycles. The summed E-state index contributed by atoms with van der Waals surface area (Å²) in [6.07, 6.45) is 0. The molecular formula is C13H14ClNO3S2. The van der Waals surface area contributed by atoms with Gasteiger partial charge in [-0.2, -0.15) is 0 Å². The zero-order valence-corrected chi connectivity index (χ0v) is 13.2. The van der Waals surface area contributed by atoms with Crippen molar-refractivity contribution < 1.29 is 9.84 Å². The van der Waals surface area contributed by atoms with Crippen molar-refractivity contribution in [3.05, 3.63) is 44.4 Å². The minimum atomic E-state index is -0.0914. The van der Waals surface area contributed by atoms with Crippen molar-refractivity contribution in [1.29, 1.82) is 0 Å². The third kappa shape index (κ3) is 3.73. The molecule has 0 saturated heterocycles. The fourth-order valence-electron chi connectivity index (χ4n) is 1.67. The minimum absolute atomic E-state index is 0.0000609. The van der Waals surface area contributed by atoms with Crippen LogP contribution in [0.2, 0.25) is 5.02 Å². The molecule has 4 nitrogen and oxygen atoms in total. The maximum absolute atomic E-state index is 11.4. The maximum Gasteiger partial charge on any atom is 0.263 e. The molecule has 0 atom stereocenters. The van der Waals surface area contributed by atoms with E-state index in [4.69, 9.17) is 21.4 Å². The van der Waals surface area contributed by atoms with Crippen LogP contribution in [0, 0.1) is 0 Å².